The first-order chi connectivity index (χ1) is 18.4. The van der Waals surface area contributed by atoms with Crippen molar-refractivity contribution in [3.8, 4) is 17.2 Å². The average Bonchev–Trinajstić information content (AvgIpc) is 2.87. The molecule has 0 aliphatic rings. The third kappa shape index (κ3) is 8.78. The number of carbonyl (C=O) groups is 3. The standard InChI is InChI=1S/C25H22ClF3N4O6/c1-14(34)30-8-9-38-22-12-19(26)18(25(27,28)29)11-20(22)33-24(37)32-13-15-2-4-16(5-3-15)39-17-6-7-31-21(10-17)23(35)36/h2-7,10-12H,8-9,13H2,1H3,(H,30,34)(H,35,36)(H2,32,33,37). The van der Waals surface area contributed by atoms with Crippen molar-refractivity contribution in [2.75, 3.05) is 18.5 Å². The highest BCUT2D eigenvalue weighted by molar-refractivity contribution is 6.31. The summed E-state index contributed by atoms with van der Waals surface area (Å²) >= 11 is 5.77. The van der Waals surface area contributed by atoms with E-state index in [1.807, 2.05) is 0 Å². The van der Waals surface area contributed by atoms with Gasteiger partial charge in [0, 0.05) is 31.8 Å². The quantitative estimate of drug-likeness (QED) is 0.251. The van der Waals surface area contributed by atoms with Crippen LogP contribution in [0, 0.1) is 0 Å². The normalized spacial score (nSPS) is 10.9. The summed E-state index contributed by atoms with van der Waals surface area (Å²) in [5.41, 5.74) is -0.969. The van der Waals surface area contributed by atoms with E-state index in [9.17, 15) is 27.6 Å². The fourth-order valence-corrected chi connectivity index (χ4v) is 3.39. The molecular formula is C25H22ClF3N4O6. The Bertz CT molecular complexity index is 1350. The van der Waals surface area contributed by atoms with Crippen molar-refractivity contribution in [1.29, 1.82) is 0 Å². The van der Waals surface area contributed by atoms with Gasteiger partial charge in [-0.15, -0.1) is 0 Å². The number of alkyl halides is 3. The second-order valence-corrected chi connectivity index (χ2v) is 8.30. The fourth-order valence-electron chi connectivity index (χ4n) is 3.13. The number of benzene rings is 2. The van der Waals surface area contributed by atoms with Gasteiger partial charge in [0.25, 0.3) is 0 Å². The largest absolute Gasteiger partial charge is 0.490 e. The molecule has 4 N–H and O–H groups in total. The van der Waals surface area contributed by atoms with Crippen LogP contribution in [-0.2, 0) is 17.5 Å². The summed E-state index contributed by atoms with van der Waals surface area (Å²) in [6, 6.07) is 10.00. The van der Waals surface area contributed by atoms with Crippen molar-refractivity contribution < 1.29 is 42.1 Å². The summed E-state index contributed by atoms with van der Waals surface area (Å²) < 4.78 is 51.1. The lowest BCUT2D eigenvalue weighted by Crippen LogP contribution is -2.29. The van der Waals surface area contributed by atoms with Crippen LogP contribution in [0.5, 0.6) is 17.2 Å². The predicted octanol–water partition coefficient (Wildman–Crippen LogP) is 5.08. The van der Waals surface area contributed by atoms with Crippen LogP contribution < -0.4 is 25.4 Å². The number of ether oxygens (including phenoxy) is 2. The van der Waals surface area contributed by atoms with Gasteiger partial charge in [0.15, 0.2) is 5.69 Å². The number of anilines is 1. The molecule has 2 aromatic carbocycles. The molecule has 0 bridgehead atoms. The summed E-state index contributed by atoms with van der Waals surface area (Å²) in [5.74, 6) is -0.961. The maximum absolute atomic E-state index is 13.3. The van der Waals surface area contributed by atoms with Gasteiger partial charge in [-0.05, 0) is 29.8 Å². The minimum Gasteiger partial charge on any atom is -0.490 e. The van der Waals surface area contributed by atoms with Gasteiger partial charge in [-0.2, -0.15) is 13.2 Å². The van der Waals surface area contributed by atoms with Gasteiger partial charge in [0.2, 0.25) is 5.91 Å². The van der Waals surface area contributed by atoms with Gasteiger partial charge in [0.05, 0.1) is 22.8 Å². The monoisotopic (exact) mass is 566 g/mol. The topological polar surface area (TPSA) is 139 Å². The van der Waals surface area contributed by atoms with Crippen LogP contribution in [0.1, 0.15) is 28.5 Å². The number of amides is 3. The predicted molar refractivity (Wildman–Crippen MR) is 134 cm³/mol. The molecule has 39 heavy (non-hydrogen) atoms. The second-order valence-electron chi connectivity index (χ2n) is 7.89. The SMILES string of the molecule is CC(=O)NCCOc1cc(Cl)c(C(F)(F)F)cc1NC(=O)NCc1ccc(Oc2ccnc(C(=O)O)c2)cc1. The third-order valence-electron chi connectivity index (χ3n) is 4.92. The van der Waals surface area contributed by atoms with E-state index in [1.54, 1.807) is 24.3 Å². The third-order valence-corrected chi connectivity index (χ3v) is 5.23. The lowest BCUT2D eigenvalue weighted by Gasteiger charge is -2.17. The van der Waals surface area contributed by atoms with Crippen LogP contribution in [-0.4, -0.2) is 41.1 Å². The lowest BCUT2D eigenvalue weighted by atomic mass is 10.1. The van der Waals surface area contributed by atoms with Crippen molar-refractivity contribution in [3.05, 3.63) is 76.6 Å². The van der Waals surface area contributed by atoms with Crippen LogP contribution in [0.3, 0.4) is 0 Å². The number of halogens is 4. The molecule has 1 aromatic heterocycles. The van der Waals surface area contributed by atoms with E-state index in [4.69, 9.17) is 26.2 Å². The van der Waals surface area contributed by atoms with Crippen LogP contribution in [0.15, 0.2) is 54.7 Å². The van der Waals surface area contributed by atoms with Crippen molar-refractivity contribution in [2.45, 2.75) is 19.6 Å². The Labute approximate surface area is 225 Å². The Balaban J connectivity index is 1.63. The molecule has 0 fully saturated rings. The van der Waals surface area contributed by atoms with E-state index in [0.717, 1.165) is 6.07 Å². The Morgan fingerprint density at radius 1 is 1.03 bits per heavy atom. The molecule has 0 aliphatic carbocycles. The van der Waals surface area contributed by atoms with Gasteiger partial charge < -0.3 is 30.5 Å². The summed E-state index contributed by atoms with van der Waals surface area (Å²) in [6.07, 6.45) is -3.47. The van der Waals surface area contributed by atoms with Crippen LogP contribution in [0.4, 0.5) is 23.7 Å². The number of aromatic carboxylic acids is 1. The number of aromatic nitrogens is 1. The van der Waals surface area contributed by atoms with E-state index in [0.29, 0.717) is 17.4 Å². The van der Waals surface area contributed by atoms with E-state index < -0.39 is 28.8 Å². The van der Waals surface area contributed by atoms with Gasteiger partial charge >= 0.3 is 18.2 Å². The zero-order valence-corrected chi connectivity index (χ0v) is 21.0. The van der Waals surface area contributed by atoms with Crippen molar-refractivity contribution in [3.63, 3.8) is 0 Å². The smallest absolute Gasteiger partial charge is 0.417 e. The minimum atomic E-state index is -4.77. The fraction of sp³-hybridized carbons (Fsp3) is 0.200. The number of hydrogen-bond donors (Lipinski definition) is 4. The Hall–Kier alpha value is -4.52. The molecule has 14 heteroatoms. The van der Waals surface area contributed by atoms with Crippen LogP contribution >= 0.6 is 11.6 Å². The molecule has 0 unspecified atom stereocenters. The molecule has 0 spiro atoms. The van der Waals surface area contributed by atoms with Crippen LogP contribution in [0.2, 0.25) is 5.02 Å². The molecule has 206 valence electrons. The molecule has 3 aromatic rings. The molecule has 0 radical (unpaired) electrons. The van der Waals surface area contributed by atoms with Gasteiger partial charge in [-0.1, -0.05) is 23.7 Å². The molecule has 3 rings (SSSR count). The summed E-state index contributed by atoms with van der Waals surface area (Å²) in [4.78, 5) is 38.2. The first-order valence-electron chi connectivity index (χ1n) is 11.2. The van der Waals surface area contributed by atoms with Crippen LogP contribution in [0.25, 0.3) is 0 Å². The minimum absolute atomic E-state index is 0.0168. The highest BCUT2D eigenvalue weighted by Gasteiger charge is 2.34. The Kier molecular flexibility index (Phi) is 9.55. The van der Waals surface area contributed by atoms with Gasteiger partial charge in [-0.3, -0.25) is 4.79 Å². The molecule has 10 nitrogen and oxygen atoms in total. The summed E-state index contributed by atoms with van der Waals surface area (Å²) in [5, 5.41) is 15.7. The summed E-state index contributed by atoms with van der Waals surface area (Å²) in [7, 11) is 0. The Morgan fingerprint density at radius 3 is 2.38 bits per heavy atom. The van der Waals surface area contributed by atoms with Gasteiger partial charge in [0.1, 0.15) is 23.9 Å². The number of carbonyl (C=O) groups excluding carboxylic acids is 2. The number of nitrogens with zero attached hydrogens (tertiary/aromatic N) is 1. The first-order valence-corrected chi connectivity index (χ1v) is 11.6. The highest BCUT2D eigenvalue weighted by atomic mass is 35.5. The first kappa shape index (κ1) is 29.0. The van der Waals surface area contributed by atoms with E-state index in [1.165, 1.54) is 25.3 Å². The maximum atomic E-state index is 13.3. The summed E-state index contributed by atoms with van der Waals surface area (Å²) in [6.45, 7) is 1.32. The van der Waals surface area contributed by atoms with Crippen molar-refractivity contribution in [2.24, 2.45) is 0 Å². The lowest BCUT2D eigenvalue weighted by molar-refractivity contribution is -0.137. The number of nitrogens with one attached hydrogen (secondary N) is 3. The molecule has 0 atom stereocenters. The molecule has 0 aliphatic heterocycles. The second kappa shape index (κ2) is 12.8. The van der Waals surface area contributed by atoms with E-state index >= 15 is 0 Å². The number of rotatable bonds is 10. The zero-order valence-electron chi connectivity index (χ0n) is 20.3. The number of urea groups is 1. The zero-order chi connectivity index (χ0) is 28.6. The molecule has 1 heterocycles. The number of hydrogen-bond acceptors (Lipinski definition) is 6. The number of carboxylic acids is 1. The molecular weight excluding hydrogens is 545 g/mol. The Morgan fingerprint density at radius 2 is 1.74 bits per heavy atom. The maximum Gasteiger partial charge on any atom is 0.417 e. The molecule has 0 saturated heterocycles. The molecule has 3 amide bonds. The highest BCUT2D eigenvalue weighted by Crippen LogP contribution is 2.40. The van der Waals surface area contributed by atoms with Crippen molar-refractivity contribution >= 4 is 35.2 Å². The number of pyridine rings is 1. The van der Waals surface area contributed by atoms with Crippen molar-refractivity contribution in [1.82, 2.24) is 15.6 Å². The van der Waals surface area contributed by atoms with Gasteiger partial charge in [-0.25, -0.2) is 14.6 Å². The average molecular weight is 567 g/mol. The van der Waals surface area contributed by atoms with E-state index in [-0.39, 0.29) is 48.5 Å². The molecule has 0 saturated carbocycles. The van der Waals surface area contributed by atoms with E-state index in [2.05, 4.69) is 20.9 Å². The number of carboxylic acid groups (broad SMARTS) is 1.